The SMILES string of the molecule is Nc1ncc(-c2nc(-c3ccccc3Cl)no2)s1. The van der Waals surface area contributed by atoms with E-state index in [1.54, 1.807) is 12.3 Å². The van der Waals surface area contributed by atoms with Gasteiger partial charge in [0.2, 0.25) is 5.82 Å². The minimum atomic E-state index is 0.388. The Morgan fingerprint density at radius 3 is 2.83 bits per heavy atom. The van der Waals surface area contributed by atoms with E-state index >= 15 is 0 Å². The molecule has 2 N–H and O–H groups in total. The van der Waals surface area contributed by atoms with Gasteiger partial charge < -0.3 is 10.3 Å². The van der Waals surface area contributed by atoms with E-state index in [9.17, 15) is 0 Å². The molecule has 0 saturated carbocycles. The first kappa shape index (κ1) is 11.2. The summed E-state index contributed by atoms with van der Waals surface area (Å²) in [5, 5.41) is 4.94. The number of nitrogens with two attached hydrogens (primary N) is 1. The number of aromatic nitrogens is 3. The van der Waals surface area contributed by atoms with Crippen molar-refractivity contribution in [3.8, 4) is 22.2 Å². The predicted molar refractivity (Wildman–Crippen MR) is 70.3 cm³/mol. The first-order valence-corrected chi connectivity index (χ1v) is 6.24. The lowest BCUT2D eigenvalue weighted by molar-refractivity contribution is 0.433. The number of hydrogen-bond acceptors (Lipinski definition) is 6. The van der Waals surface area contributed by atoms with E-state index in [4.69, 9.17) is 21.9 Å². The number of nitrogen functional groups attached to an aromatic ring is 1. The molecule has 2 aromatic heterocycles. The lowest BCUT2D eigenvalue weighted by atomic mass is 10.2. The summed E-state index contributed by atoms with van der Waals surface area (Å²) in [5.41, 5.74) is 6.28. The fourth-order valence-electron chi connectivity index (χ4n) is 1.46. The van der Waals surface area contributed by atoms with E-state index in [1.807, 2.05) is 18.2 Å². The number of thiazole rings is 1. The molecule has 0 spiro atoms. The second-order valence-electron chi connectivity index (χ2n) is 3.47. The van der Waals surface area contributed by atoms with Crippen LogP contribution in [-0.4, -0.2) is 15.1 Å². The van der Waals surface area contributed by atoms with Gasteiger partial charge in [-0.15, -0.1) is 0 Å². The van der Waals surface area contributed by atoms with Gasteiger partial charge in [0, 0.05) is 5.56 Å². The highest BCUT2D eigenvalue weighted by atomic mass is 35.5. The van der Waals surface area contributed by atoms with E-state index in [-0.39, 0.29) is 0 Å². The minimum absolute atomic E-state index is 0.388. The summed E-state index contributed by atoms with van der Waals surface area (Å²) in [4.78, 5) is 8.95. The predicted octanol–water partition coefficient (Wildman–Crippen LogP) is 3.10. The summed E-state index contributed by atoms with van der Waals surface area (Å²) in [7, 11) is 0. The van der Waals surface area contributed by atoms with Crippen LogP contribution in [0, 0.1) is 0 Å². The van der Waals surface area contributed by atoms with Crippen LogP contribution in [0.1, 0.15) is 0 Å². The fraction of sp³-hybridized carbons (Fsp3) is 0. The quantitative estimate of drug-likeness (QED) is 0.779. The lowest BCUT2D eigenvalue weighted by Gasteiger charge is -1.95. The number of anilines is 1. The summed E-state index contributed by atoms with van der Waals surface area (Å²) in [6.07, 6.45) is 1.60. The van der Waals surface area contributed by atoms with Gasteiger partial charge in [-0.05, 0) is 12.1 Å². The third kappa shape index (κ3) is 1.96. The molecule has 3 aromatic rings. The molecular formula is C11H7ClN4OS. The van der Waals surface area contributed by atoms with Crippen LogP contribution in [0.4, 0.5) is 5.13 Å². The van der Waals surface area contributed by atoms with Gasteiger partial charge in [0.1, 0.15) is 4.88 Å². The highest BCUT2D eigenvalue weighted by Crippen LogP contribution is 2.30. The third-order valence-corrected chi connectivity index (χ3v) is 3.42. The highest BCUT2D eigenvalue weighted by molar-refractivity contribution is 7.18. The van der Waals surface area contributed by atoms with E-state index in [2.05, 4.69) is 15.1 Å². The van der Waals surface area contributed by atoms with Crippen molar-refractivity contribution in [1.82, 2.24) is 15.1 Å². The van der Waals surface area contributed by atoms with Crippen LogP contribution < -0.4 is 5.73 Å². The number of halogens is 1. The van der Waals surface area contributed by atoms with Crippen LogP contribution in [-0.2, 0) is 0 Å². The second-order valence-corrected chi connectivity index (χ2v) is 4.94. The van der Waals surface area contributed by atoms with E-state index in [0.29, 0.717) is 21.9 Å². The van der Waals surface area contributed by atoms with Crippen LogP contribution in [0.5, 0.6) is 0 Å². The van der Waals surface area contributed by atoms with E-state index < -0.39 is 0 Å². The number of hydrogen-bond donors (Lipinski definition) is 1. The number of rotatable bonds is 2. The molecule has 0 amide bonds. The molecule has 0 aliphatic rings. The zero-order chi connectivity index (χ0) is 12.5. The van der Waals surface area contributed by atoms with Crippen LogP contribution in [0.2, 0.25) is 5.02 Å². The van der Waals surface area contributed by atoms with Gasteiger partial charge in [-0.25, -0.2) is 4.98 Å². The van der Waals surface area contributed by atoms with Gasteiger partial charge in [0.05, 0.1) is 11.2 Å². The van der Waals surface area contributed by atoms with Crippen molar-refractivity contribution in [3.05, 3.63) is 35.5 Å². The molecule has 7 heteroatoms. The molecule has 0 radical (unpaired) electrons. The molecule has 0 aliphatic heterocycles. The summed E-state index contributed by atoms with van der Waals surface area (Å²) in [5.74, 6) is 0.835. The normalized spacial score (nSPS) is 10.7. The van der Waals surface area contributed by atoms with Crippen molar-refractivity contribution in [2.24, 2.45) is 0 Å². The van der Waals surface area contributed by atoms with E-state index in [0.717, 1.165) is 10.4 Å². The third-order valence-electron chi connectivity index (χ3n) is 2.28. The Labute approximate surface area is 111 Å². The van der Waals surface area contributed by atoms with Crippen molar-refractivity contribution in [1.29, 1.82) is 0 Å². The molecule has 0 bridgehead atoms. The summed E-state index contributed by atoms with van der Waals surface area (Å²) < 4.78 is 5.17. The smallest absolute Gasteiger partial charge is 0.270 e. The van der Waals surface area contributed by atoms with Gasteiger partial charge in [0.25, 0.3) is 5.89 Å². The molecule has 0 aliphatic carbocycles. The van der Waals surface area contributed by atoms with Gasteiger partial charge >= 0.3 is 0 Å². The van der Waals surface area contributed by atoms with Gasteiger partial charge in [-0.3, -0.25) is 0 Å². The first-order valence-electron chi connectivity index (χ1n) is 5.04. The summed E-state index contributed by atoms with van der Waals surface area (Å²) >= 11 is 7.36. The molecular weight excluding hydrogens is 272 g/mol. The Morgan fingerprint density at radius 2 is 2.11 bits per heavy atom. The average Bonchev–Trinajstić information content (AvgIpc) is 2.98. The molecule has 18 heavy (non-hydrogen) atoms. The largest absolute Gasteiger partial charge is 0.375 e. The minimum Gasteiger partial charge on any atom is -0.375 e. The topological polar surface area (TPSA) is 77.8 Å². The average molecular weight is 279 g/mol. The Kier molecular flexibility index (Phi) is 2.73. The summed E-state index contributed by atoms with van der Waals surface area (Å²) in [6.45, 7) is 0. The Morgan fingerprint density at radius 1 is 1.28 bits per heavy atom. The fourth-order valence-corrected chi connectivity index (χ4v) is 2.29. The maximum Gasteiger partial charge on any atom is 0.270 e. The van der Waals surface area contributed by atoms with Crippen LogP contribution in [0.15, 0.2) is 35.0 Å². The van der Waals surface area contributed by atoms with E-state index in [1.165, 1.54) is 11.3 Å². The molecule has 2 heterocycles. The monoisotopic (exact) mass is 278 g/mol. The lowest BCUT2D eigenvalue weighted by Crippen LogP contribution is -1.81. The zero-order valence-electron chi connectivity index (χ0n) is 9.00. The molecule has 90 valence electrons. The first-order chi connectivity index (χ1) is 8.74. The van der Waals surface area contributed by atoms with Crippen LogP contribution in [0.3, 0.4) is 0 Å². The van der Waals surface area contributed by atoms with Gasteiger partial charge in [-0.1, -0.05) is 40.2 Å². The molecule has 3 rings (SSSR count). The molecule has 1 aromatic carbocycles. The maximum atomic E-state index is 6.07. The van der Waals surface area contributed by atoms with Crippen molar-refractivity contribution in [3.63, 3.8) is 0 Å². The standard InChI is InChI=1S/C11H7ClN4OS/c12-7-4-2-1-3-6(7)9-15-10(17-16-9)8-5-14-11(13)18-8/h1-5H,(H2,13,14). The maximum absolute atomic E-state index is 6.07. The highest BCUT2D eigenvalue weighted by Gasteiger charge is 2.14. The van der Waals surface area contributed by atoms with Crippen LogP contribution >= 0.6 is 22.9 Å². The number of nitrogens with zero attached hydrogens (tertiary/aromatic N) is 3. The Bertz CT molecular complexity index is 694. The Balaban J connectivity index is 2.02. The van der Waals surface area contributed by atoms with Crippen molar-refractivity contribution in [2.75, 3.05) is 5.73 Å². The summed E-state index contributed by atoms with van der Waals surface area (Å²) in [6, 6.07) is 7.31. The second kappa shape index (κ2) is 4.40. The molecule has 0 saturated heterocycles. The van der Waals surface area contributed by atoms with Crippen molar-refractivity contribution >= 4 is 28.1 Å². The van der Waals surface area contributed by atoms with Crippen molar-refractivity contribution in [2.45, 2.75) is 0 Å². The van der Waals surface area contributed by atoms with Gasteiger partial charge in [-0.2, -0.15) is 4.98 Å². The molecule has 0 unspecified atom stereocenters. The van der Waals surface area contributed by atoms with Crippen molar-refractivity contribution < 1.29 is 4.52 Å². The molecule has 5 nitrogen and oxygen atoms in total. The van der Waals surface area contributed by atoms with Gasteiger partial charge in [0.15, 0.2) is 5.13 Å². The zero-order valence-corrected chi connectivity index (χ0v) is 10.6. The van der Waals surface area contributed by atoms with Crippen LogP contribution in [0.25, 0.3) is 22.2 Å². The Hall–Kier alpha value is -1.92. The number of benzene rings is 1. The molecule has 0 fully saturated rings. The molecule has 0 atom stereocenters.